The number of nitrogens with one attached hydrogen (secondary N) is 1. The van der Waals surface area contributed by atoms with Crippen LogP contribution in [0.5, 0.6) is 0 Å². The zero-order valence-electron chi connectivity index (χ0n) is 17.0. The van der Waals surface area contributed by atoms with Crippen molar-refractivity contribution in [1.82, 2.24) is 30.1 Å². The predicted octanol–water partition coefficient (Wildman–Crippen LogP) is 3.56. The molecule has 0 atom stereocenters. The lowest BCUT2D eigenvalue weighted by Crippen LogP contribution is -2.47. The van der Waals surface area contributed by atoms with Crippen LogP contribution in [0.25, 0.3) is 28.0 Å². The Kier molecular flexibility index (Phi) is 4.60. The number of rotatable bonds is 4. The second kappa shape index (κ2) is 7.30. The largest absolute Gasteiger partial charge is 0.373 e. The van der Waals surface area contributed by atoms with Gasteiger partial charge in [0.15, 0.2) is 0 Å². The predicted molar refractivity (Wildman–Crippen MR) is 112 cm³/mol. The van der Waals surface area contributed by atoms with Gasteiger partial charge in [0.1, 0.15) is 17.2 Å². The Morgan fingerprint density at radius 2 is 2.00 bits per heavy atom. The number of halogens is 1. The van der Waals surface area contributed by atoms with Gasteiger partial charge in [-0.05, 0) is 49.7 Å². The first-order valence-corrected chi connectivity index (χ1v) is 9.99. The summed E-state index contributed by atoms with van der Waals surface area (Å²) in [6, 6.07) is 12.8. The van der Waals surface area contributed by atoms with Gasteiger partial charge < -0.3 is 4.74 Å². The fraction of sp³-hybridized carbons (Fsp3) is 0.318. The highest BCUT2D eigenvalue weighted by molar-refractivity contribution is 5.91. The van der Waals surface area contributed by atoms with E-state index in [1.54, 1.807) is 10.7 Å². The van der Waals surface area contributed by atoms with Crippen molar-refractivity contribution < 1.29 is 9.13 Å². The van der Waals surface area contributed by atoms with Gasteiger partial charge in [0.2, 0.25) is 0 Å². The van der Waals surface area contributed by atoms with Crippen LogP contribution in [0.4, 0.5) is 4.39 Å². The molecule has 1 aliphatic rings. The molecule has 0 spiro atoms. The van der Waals surface area contributed by atoms with Gasteiger partial charge >= 0.3 is 0 Å². The van der Waals surface area contributed by atoms with Crippen LogP contribution in [0.2, 0.25) is 0 Å². The van der Waals surface area contributed by atoms with Crippen molar-refractivity contribution >= 4 is 10.9 Å². The van der Waals surface area contributed by atoms with E-state index < -0.39 is 0 Å². The molecular formula is C22H23FN6O. The Balaban J connectivity index is 1.34. The highest BCUT2D eigenvalue weighted by Gasteiger charge is 2.26. The van der Waals surface area contributed by atoms with E-state index in [4.69, 9.17) is 4.74 Å². The second-order valence-corrected chi connectivity index (χ2v) is 8.30. The van der Waals surface area contributed by atoms with E-state index in [1.807, 2.05) is 18.3 Å². The van der Waals surface area contributed by atoms with Gasteiger partial charge in [-0.15, -0.1) is 5.10 Å². The first-order chi connectivity index (χ1) is 14.5. The highest BCUT2D eigenvalue weighted by atomic mass is 19.1. The van der Waals surface area contributed by atoms with E-state index in [2.05, 4.69) is 51.4 Å². The number of fused-ring (bicyclic) bond motifs is 1. The van der Waals surface area contributed by atoms with Crippen LogP contribution in [0.3, 0.4) is 0 Å². The maximum atomic E-state index is 13.4. The molecule has 154 valence electrons. The Hall–Kier alpha value is -3.10. The van der Waals surface area contributed by atoms with Crippen molar-refractivity contribution in [3.8, 4) is 17.1 Å². The van der Waals surface area contributed by atoms with Crippen LogP contribution in [0, 0.1) is 5.82 Å². The van der Waals surface area contributed by atoms with Gasteiger partial charge in [-0.2, -0.15) is 5.10 Å². The minimum absolute atomic E-state index is 0.0997. The molecule has 0 saturated carbocycles. The molecule has 8 heteroatoms. The summed E-state index contributed by atoms with van der Waals surface area (Å²) in [5.41, 5.74) is 3.99. The lowest BCUT2D eigenvalue weighted by molar-refractivity contribution is -0.0882. The zero-order chi connectivity index (χ0) is 20.7. The van der Waals surface area contributed by atoms with Crippen LogP contribution in [-0.2, 0) is 11.3 Å². The molecule has 0 amide bonds. The molecular weight excluding hydrogens is 383 g/mol. The Bertz CT molecular complexity index is 1180. The fourth-order valence-electron chi connectivity index (χ4n) is 3.95. The van der Waals surface area contributed by atoms with Crippen molar-refractivity contribution in [2.75, 3.05) is 19.7 Å². The van der Waals surface area contributed by atoms with Crippen LogP contribution < -0.4 is 0 Å². The number of hydrogen-bond acceptors (Lipinski definition) is 5. The van der Waals surface area contributed by atoms with Crippen LogP contribution in [0.15, 0.2) is 48.7 Å². The topological polar surface area (TPSA) is 71.9 Å². The Labute approximate surface area is 173 Å². The molecule has 0 bridgehead atoms. The summed E-state index contributed by atoms with van der Waals surface area (Å²) < 4.78 is 20.9. The summed E-state index contributed by atoms with van der Waals surface area (Å²) in [7, 11) is 0. The number of nitrogens with zero attached hydrogens (tertiary/aromatic N) is 5. The lowest BCUT2D eigenvalue weighted by atomic mass is 10.1. The van der Waals surface area contributed by atoms with Crippen LogP contribution >= 0.6 is 0 Å². The molecule has 1 aliphatic heterocycles. The molecule has 1 N–H and O–H groups in total. The number of ether oxygens (including phenoxy) is 1. The number of hydrogen-bond donors (Lipinski definition) is 1. The normalized spacial score (nSPS) is 16.9. The van der Waals surface area contributed by atoms with Crippen molar-refractivity contribution in [2.45, 2.75) is 26.0 Å². The molecule has 0 unspecified atom stereocenters. The molecule has 3 heterocycles. The highest BCUT2D eigenvalue weighted by Crippen LogP contribution is 2.25. The van der Waals surface area contributed by atoms with Gasteiger partial charge in [-0.3, -0.25) is 10.00 Å². The van der Waals surface area contributed by atoms with E-state index in [1.165, 1.54) is 17.7 Å². The van der Waals surface area contributed by atoms with Gasteiger partial charge in [0, 0.05) is 25.0 Å². The zero-order valence-corrected chi connectivity index (χ0v) is 17.0. The number of aromatic nitrogens is 5. The van der Waals surface area contributed by atoms with E-state index in [0.717, 1.165) is 37.3 Å². The third-order valence-electron chi connectivity index (χ3n) is 5.37. The van der Waals surface area contributed by atoms with Crippen molar-refractivity contribution in [2.24, 2.45) is 0 Å². The number of aromatic amines is 1. The summed E-state index contributed by atoms with van der Waals surface area (Å²) in [4.78, 5) is 2.41. The Morgan fingerprint density at radius 3 is 2.80 bits per heavy atom. The number of morpholine rings is 1. The average molecular weight is 406 g/mol. The molecule has 30 heavy (non-hydrogen) atoms. The summed E-state index contributed by atoms with van der Waals surface area (Å²) in [6.45, 7) is 7.78. The van der Waals surface area contributed by atoms with E-state index in [9.17, 15) is 4.39 Å². The Morgan fingerprint density at radius 1 is 1.17 bits per heavy atom. The molecule has 0 radical (unpaired) electrons. The molecule has 7 nitrogen and oxygen atoms in total. The second-order valence-electron chi connectivity index (χ2n) is 8.30. The number of benzene rings is 2. The van der Waals surface area contributed by atoms with E-state index in [-0.39, 0.29) is 11.4 Å². The van der Waals surface area contributed by atoms with Crippen molar-refractivity contribution in [3.63, 3.8) is 0 Å². The minimum Gasteiger partial charge on any atom is -0.373 e. The van der Waals surface area contributed by atoms with E-state index >= 15 is 0 Å². The quantitative estimate of drug-likeness (QED) is 0.561. The van der Waals surface area contributed by atoms with Gasteiger partial charge in [-0.25, -0.2) is 9.07 Å². The minimum atomic E-state index is -0.304. The first kappa shape index (κ1) is 18.9. The van der Waals surface area contributed by atoms with Gasteiger partial charge in [0.25, 0.3) is 0 Å². The van der Waals surface area contributed by atoms with Crippen molar-refractivity contribution in [1.29, 1.82) is 0 Å². The van der Waals surface area contributed by atoms with Gasteiger partial charge in [0.05, 0.1) is 29.6 Å². The summed E-state index contributed by atoms with van der Waals surface area (Å²) in [5.74, 6) is -0.304. The molecule has 1 saturated heterocycles. The third kappa shape index (κ3) is 3.71. The maximum absolute atomic E-state index is 13.4. The third-order valence-corrected chi connectivity index (χ3v) is 5.37. The van der Waals surface area contributed by atoms with E-state index in [0.29, 0.717) is 16.9 Å². The van der Waals surface area contributed by atoms with Crippen LogP contribution in [-0.4, -0.2) is 55.4 Å². The van der Waals surface area contributed by atoms with Gasteiger partial charge in [-0.1, -0.05) is 17.3 Å². The molecule has 1 fully saturated rings. The SMILES string of the molecule is CC1(C)CN(Cc2ccc(-n3cc(-c4n[nH]c5cc(F)ccc45)nn3)cc2)CCO1. The maximum Gasteiger partial charge on any atom is 0.134 e. The molecule has 5 rings (SSSR count). The fourth-order valence-corrected chi connectivity index (χ4v) is 3.95. The molecule has 2 aromatic carbocycles. The monoisotopic (exact) mass is 406 g/mol. The summed E-state index contributed by atoms with van der Waals surface area (Å²) in [6.07, 6.45) is 1.83. The first-order valence-electron chi connectivity index (χ1n) is 9.99. The number of H-pyrrole nitrogens is 1. The molecule has 2 aromatic heterocycles. The van der Waals surface area contributed by atoms with Crippen LogP contribution in [0.1, 0.15) is 19.4 Å². The summed E-state index contributed by atoms with van der Waals surface area (Å²) >= 11 is 0. The standard InChI is InChI=1S/C22H23FN6O/c1-22(2)14-28(9-10-30-22)12-15-3-6-17(7-4-15)29-13-20(25-27-29)21-18-8-5-16(23)11-19(18)24-26-21/h3-8,11,13H,9-10,12,14H2,1-2H3,(H,24,26). The smallest absolute Gasteiger partial charge is 0.134 e. The summed E-state index contributed by atoms with van der Waals surface area (Å²) in [5, 5.41) is 16.4. The molecule has 4 aromatic rings. The lowest BCUT2D eigenvalue weighted by Gasteiger charge is -2.38. The van der Waals surface area contributed by atoms with Crippen molar-refractivity contribution in [3.05, 3.63) is 60.0 Å². The average Bonchev–Trinajstić information content (AvgIpc) is 3.34. The molecule has 0 aliphatic carbocycles.